The second-order valence-electron chi connectivity index (χ2n) is 13.0. The van der Waals surface area contributed by atoms with E-state index in [-0.39, 0.29) is 5.41 Å². The highest BCUT2D eigenvalue weighted by Gasteiger charge is 2.36. The molecule has 9 rings (SSSR count). The van der Waals surface area contributed by atoms with Crippen LogP contribution in [0.4, 0.5) is 0 Å². The van der Waals surface area contributed by atoms with E-state index in [0.717, 1.165) is 0 Å². The van der Waals surface area contributed by atoms with Crippen molar-refractivity contribution in [1.82, 2.24) is 0 Å². The van der Waals surface area contributed by atoms with E-state index in [1.165, 1.54) is 88.0 Å². The normalized spacial score (nSPS) is 13.3. The summed E-state index contributed by atoms with van der Waals surface area (Å²) in [6.07, 6.45) is 0. The summed E-state index contributed by atoms with van der Waals surface area (Å²) < 4.78 is 0. The van der Waals surface area contributed by atoms with E-state index in [2.05, 4.69) is 172 Å². The molecule has 0 saturated carbocycles. The SMILES string of the molecule is CC1(C)c2cc(-c3ccc4cc(-c5ccc6ccccc6c5)ccc4c3)ccc2-c2cc3cc(-c4ccccc4)ccc3cc21. The first kappa shape index (κ1) is 26.0. The summed E-state index contributed by atoms with van der Waals surface area (Å²) in [5.74, 6) is 0. The van der Waals surface area contributed by atoms with Crippen LogP contribution in [0.5, 0.6) is 0 Å². The van der Waals surface area contributed by atoms with Gasteiger partial charge in [0.25, 0.3) is 0 Å². The number of benzene rings is 8. The predicted octanol–water partition coefficient (Wildman–Crippen LogP) is 12.5. The Kier molecular flexibility index (Phi) is 5.64. The smallest absolute Gasteiger partial charge is 0.0159 e. The van der Waals surface area contributed by atoms with Gasteiger partial charge in [0.1, 0.15) is 0 Å². The number of hydrogen-bond donors (Lipinski definition) is 0. The first-order chi connectivity index (χ1) is 22.0. The van der Waals surface area contributed by atoms with E-state index < -0.39 is 0 Å². The first-order valence-corrected chi connectivity index (χ1v) is 15.8. The second-order valence-corrected chi connectivity index (χ2v) is 13.0. The minimum absolute atomic E-state index is 0.0709. The molecule has 1 aliphatic carbocycles. The third kappa shape index (κ3) is 4.21. The maximum Gasteiger partial charge on any atom is 0.0159 e. The van der Waals surface area contributed by atoms with Gasteiger partial charge in [-0.25, -0.2) is 0 Å². The fourth-order valence-corrected chi connectivity index (χ4v) is 7.44. The van der Waals surface area contributed by atoms with Crippen molar-refractivity contribution in [3.8, 4) is 44.5 Å². The van der Waals surface area contributed by atoms with Crippen molar-refractivity contribution >= 4 is 32.3 Å². The topological polar surface area (TPSA) is 0 Å². The molecule has 8 aromatic carbocycles. The number of rotatable bonds is 3. The van der Waals surface area contributed by atoms with Gasteiger partial charge in [-0.3, -0.25) is 0 Å². The first-order valence-electron chi connectivity index (χ1n) is 15.8. The zero-order valence-corrected chi connectivity index (χ0v) is 25.5. The summed E-state index contributed by atoms with van der Waals surface area (Å²) in [4.78, 5) is 0. The molecule has 0 amide bonds. The lowest BCUT2D eigenvalue weighted by atomic mass is 9.81. The van der Waals surface area contributed by atoms with Crippen LogP contribution in [0, 0.1) is 0 Å². The van der Waals surface area contributed by atoms with E-state index in [9.17, 15) is 0 Å². The van der Waals surface area contributed by atoms with Crippen LogP contribution in [0.25, 0.3) is 76.8 Å². The summed E-state index contributed by atoms with van der Waals surface area (Å²) in [5, 5.41) is 7.67. The molecule has 0 heteroatoms. The van der Waals surface area contributed by atoms with Crippen molar-refractivity contribution in [2.45, 2.75) is 19.3 Å². The van der Waals surface area contributed by atoms with Crippen molar-refractivity contribution in [2.75, 3.05) is 0 Å². The van der Waals surface area contributed by atoms with Crippen molar-refractivity contribution in [2.24, 2.45) is 0 Å². The zero-order valence-electron chi connectivity index (χ0n) is 25.5. The molecule has 0 saturated heterocycles. The molecule has 1 aliphatic rings. The van der Waals surface area contributed by atoms with Crippen molar-refractivity contribution < 1.29 is 0 Å². The van der Waals surface area contributed by atoms with E-state index in [4.69, 9.17) is 0 Å². The summed E-state index contributed by atoms with van der Waals surface area (Å²) in [5.41, 5.74) is 13.0. The molecule has 0 bridgehead atoms. The van der Waals surface area contributed by atoms with Crippen LogP contribution in [0.1, 0.15) is 25.0 Å². The van der Waals surface area contributed by atoms with Crippen LogP contribution in [0.3, 0.4) is 0 Å². The lowest BCUT2D eigenvalue weighted by Crippen LogP contribution is -2.15. The molecule has 0 radical (unpaired) electrons. The maximum atomic E-state index is 2.43. The van der Waals surface area contributed by atoms with Gasteiger partial charge >= 0.3 is 0 Å². The molecule has 0 heterocycles. The van der Waals surface area contributed by atoms with Gasteiger partial charge in [-0.2, -0.15) is 0 Å². The summed E-state index contributed by atoms with van der Waals surface area (Å²) in [7, 11) is 0. The standard InChI is InChI=1S/C45H32/c1-45(2)43-27-38(20-21-41(43)42-26-40-25-32(29-8-4-3-5-9-29)14-19-39(40)28-44(42)45)37-18-17-35-23-34(15-16-36(35)24-37)33-13-12-30-10-6-7-11-31(30)22-33/h3-28H,1-2H3. The molecule has 0 fully saturated rings. The average molecular weight is 573 g/mol. The van der Waals surface area contributed by atoms with E-state index in [0.29, 0.717) is 0 Å². The molecule has 0 spiro atoms. The summed E-state index contributed by atoms with van der Waals surface area (Å²) in [6.45, 7) is 4.75. The molecule has 0 unspecified atom stereocenters. The predicted molar refractivity (Wildman–Crippen MR) is 193 cm³/mol. The van der Waals surface area contributed by atoms with Crippen molar-refractivity contribution in [3.05, 3.63) is 169 Å². The molecule has 8 aromatic rings. The Labute approximate surface area is 264 Å². The van der Waals surface area contributed by atoms with Crippen LogP contribution >= 0.6 is 0 Å². The van der Waals surface area contributed by atoms with Crippen LogP contribution in [-0.4, -0.2) is 0 Å². The molecular weight excluding hydrogens is 540 g/mol. The fraction of sp³-hybridized carbons (Fsp3) is 0.0667. The highest BCUT2D eigenvalue weighted by molar-refractivity contribution is 5.97. The lowest BCUT2D eigenvalue weighted by Gasteiger charge is -2.22. The zero-order chi connectivity index (χ0) is 30.1. The van der Waals surface area contributed by atoms with Crippen LogP contribution in [0.15, 0.2) is 158 Å². The molecule has 0 N–H and O–H groups in total. The van der Waals surface area contributed by atoms with Crippen LogP contribution in [-0.2, 0) is 5.41 Å². The van der Waals surface area contributed by atoms with E-state index in [1.807, 2.05) is 0 Å². The largest absolute Gasteiger partial charge is 0.0622 e. The van der Waals surface area contributed by atoms with Gasteiger partial charge in [0.05, 0.1) is 0 Å². The quantitative estimate of drug-likeness (QED) is 0.197. The van der Waals surface area contributed by atoms with Gasteiger partial charge in [0, 0.05) is 5.41 Å². The Morgan fingerprint density at radius 1 is 0.289 bits per heavy atom. The Morgan fingerprint density at radius 3 is 1.40 bits per heavy atom. The Balaban J connectivity index is 1.08. The van der Waals surface area contributed by atoms with E-state index >= 15 is 0 Å². The molecule has 212 valence electrons. The van der Waals surface area contributed by atoms with Crippen LogP contribution < -0.4 is 0 Å². The van der Waals surface area contributed by atoms with Crippen LogP contribution in [0.2, 0.25) is 0 Å². The maximum absolute atomic E-state index is 2.43. The van der Waals surface area contributed by atoms with Gasteiger partial charge in [0.15, 0.2) is 0 Å². The third-order valence-corrected chi connectivity index (χ3v) is 10.00. The minimum atomic E-state index is -0.0709. The Morgan fingerprint density at radius 2 is 0.733 bits per heavy atom. The lowest BCUT2D eigenvalue weighted by molar-refractivity contribution is 0.661. The Bertz CT molecular complexity index is 2440. The number of fused-ring (bicyclic) bond motifs is 6. The number of hydrogen-bond acceptors (Lipinski definition) is 0. The second kappa shape index (κ2) is 9.78. The van der Waals surface area contributed by atoms with E-state index in [1.54, 1.807) is 0 Å². The molecule has 0 nitrogen and oxygen atoms in total. The van der Waals surface area contributed by atoms with Gasteiger partial charge in [0.2, 0.25) is 0 Å². The molecular formula is C45H32. The highest BCUT2D eigenvalue weighted by atomic mass is 14.4. The van der Waals surface area contributed by atoms with Gasteiger partial charge in [-0.05, 0) is 130 Å². The van der Waals surface area contributed by atoms with Gasteiger partial charge in [-0.15, -0.1) is 0 Å². The van der Waals surface area contributed by atoms with Gasteiger partial charge in [-0.1, -0.05) is 129 Å². The molecule has 0 atom stereocenters. The fourth-order valence-electron chi connectivity index (χ4n) is 7.44. The molecule has 45 heavy (non-hydrogen) atoms. The molecule has 0 aromatic heterocycles. The average Bonchev–Trinajstić information content (AvgIpc) is 3.31. The van der Waals surface area contributed by atoms with Crippen molar-refractivity contribution in [3.63, 3.8) is 0 Å². The van der Waals surface area contributed by atoms with Crippen molar-refractivity contribution in [1.29, 1.82) is 0 Å². The minimum Gasteiger partial charge on any atom is -0.0622 e. The molecule has 0 aliphatic heterocycles. The monoisotopic (exact) mass is 572 g/mol. The highest BCUT2D eigenvalue weighted by Crippen LogP contribution is 2.51. The van der Waals surface area contributed by atoms with Gasteiger partial charge < -0.3 is 0 Å². The summed E-state index contributed by atoms with van der Waals surface area (Å²) in [6, 6.07) is 58.5. The third-order valence-electron chi connectivity index (χ3n) is 10.00. The Hall–Kier alpha value is -5.46. The summed E-state index contributed by atoms with van der Waals surface area (Å²) >= 11 is 0.